The maximum atomic E-state index is 12.5. The van der Waals surface area contributed by atoms with E-state index in [0.717, 1.165) is 17.6 Å². The molecule has 3 heterocycles. The molecule has 0 bridgehead atoms. The van der Waals surface area contributed by atoms with Crippen LogP contribution >= 0.6 is 11.3 Å². The number of fused-ring (bicyclic) bond motifs is 1. The van der Waals surface area contributed by atoms with E-state index in [0.29, 0.717) is 26.7 Å². The lowest BCUT2D eigenvalue weighted by Gasteiger charge is -2.05. The van der Waals surface area contributed by atoms with E-state index in [1.54, 1.807) is 28.9 Å². The van der Waals surface area contributed by atoms with Gasteiger partial charge in [-0.1, -0.05) is 11.3 Å². The quantitative estimate of drug-likeness (QED) is 0.536. The molecule has 0 aliphatic carbocycles. The minimum atomic E-state index is -3.30. The Labute approximate surface area is 171 Å². The molecule has 0 fully saturated rings. The molecule has 1 aromatic carbocycles. The Kier molecular flexibility index (Phi) is 4.67. The SMILES string of the molecule is Cc1cc(C)n(-c2ccc(C(=O)Nc3nc4ccc(S(C)(=O)=O)cc4s3)cn2)n1. The van der Waals surface area contributed by atoms with Crippen LogP contribution in [-0.4, -0.2) is 40.3 Å². The summed E-state index contributed by atoms with van der Waals surface area (Å²) in [7, 11) is -3.30. The van der Waals surface area contributed by atoms with Crippen molar-refractivity contribution >= 4 is 42.4 Å². The van der Waals surface area contributed by atoms with E-state index in [4.69, 9.17) is 0 Å². The maximum absolute atomic E-state index is 12.5. The van der Waals surface area contributed by atoms with Gasteiger partial charge in [-0.2, -0.15) is 5.10 Å². The Morgan fingerprint density at radius 1 is 1.14 bits per heavy atom. The molecule has 0 saturated carbocycles. The lowest BCUT2D eigenvalue weighted by molar-refractivity contribution is 0.102. The van der Waals surface area contributed by atoms with Crippen molar-refractivity contribution in [2.24, 2.45) is 0 Å². The van der Waals surface area contributed by atoms with E-state index in [2.05, 4.69) is 20.4 Å². The number of sulfone groups is 1. The van der Waals surface area contributed by atoms with Crippen LogP contribution in [0.4, 0.5) is 5.13 Å². The summed E-state index contributed by atoms with van der Waals surface area (Å²) in [4.78, 5) is 21.4. The third-order valence-corrected chi connectivity index (χ3v) is 6.29. The minimum absolute atomic E-state index is 0.218. The van der Waals surface area contributed by atoms with Gasteiger partial charge in [0.05, 0.1) is 26.4 Å². The van der Waals surface area contributed by atoms with Gasteiger partial charge in [-0.05, 0) is 50.2 Å². The number of aryl methyl sites for hydroxylation is 2. The summed E-state index contributed by atoms with van der Waals surface area (Å²) in [5.41, 5.74) is 2.85. The molecule has 0 aliphatic rings. The number of thiazole rings is 1. The van der Waals surface area contributed by atoms with E-state index in [-0.39, 0.29) is 10.8 Å². The molecule has 1 N–H and O–H groups in total. The molecule has 4 rings (SSSR count). The first-order valence-corrected chi connectivity index (χ1v) is 11.3. The molecule has 1 amide bonds. The van der Waals surface area contributed by atoms with Crippen molar-refractivity contribution < 1.29 is 13.2 Å². The third kappa shape index (κ3) is 3.89. The molecule has 0 unspecified atom stereocenters. The van der Waals surface area contributed by atoms with Crippen LogP contribution < -0.4 is 5.32 Å². The van der Waals surface area contributed by atoms with Gasteiger partial charge in [0.2, 0.25) is 0 Å². The monoisotopic (exact) mass is 427 g/mol. The van der Waals surface area contributed by atoms with E-state index in [1.807, 2.05) is 19.9 Å². The fraction of sp³-hybridized carbons (Fsp3) is 0.158. The number of anilines is 1. The third-order valence-electron chi connectivity index (χ3n) is 4.25. The van der Waals surface area contributed by atoms with Crippen LogP contribution in [0.25, 0.3) is 16.0 Å². The summed E-state index contributed by atoms with van der Waals surface area (Å²) in [5.74, 6) is 0.278. The van der Waals surface area contributed by atoms with Gasteiger partial charge in [0.1, 0.15) is 0 Å². The molecule has 3 aromatic heterocycles. The van der Waals surface area contributed by atoms with E-state index >= 15 is 0 Å². The summed E-state index contributed by atoms with van der Waals surface area (Å²) >= 11 is 1.21. The number of benzene rings is 1. The summed E-state index contributed by atoms with van der Waals surface area (Å²) in [5, 5.41) is 7.50. The zero-order valence-electron chi connectivity index (χ0n) is 15.9. The Balaban J connectivity index is 1.55. The topological polar surface area (TPSA) is 107 Å². The lowest BCUT2D eigenvalue weighted by Crippen LogP contribution is -2.12. The Morgan fingerprint density at radius 2 is 1.93 bits per heavy atom. The highest BCUT2D eigenvalue weighted by atomic mass is 32.2. The average molecular weight is 428 g/mol. The van der Waals surface area contributed by atoms with E-state index in [1.165, 1.54) is 23.6 Å². The Morgan fingerprint density at radius 3 is 2.55 bits per heavy atom. The molecular weight excluding hydrogens is 410 g/mol. The minimum Gasteiger partial charge on any atom is -0.298 e. The van der Waals surface area contributed by atoms with Crippen molar-refractivity contribution in [3.05, 3.63) is 59.5 Å². The van der Waals surface area contributed by atoms with Crippen LogP contribution in [-0.2, 0) is 9.84 Å². The number of rotatable bonds is 4. The van der Waals surface area contributed by atoms with Gasteiger partial charge in [-0.15, -0.1) is 0 Å². The molecule has 8 nitrogen and oxygen atoms in total. The first kappa shape index (κ1) is 19.2. The highest BCUT2D eigenvalue weighted by Gasteiger charge is 2.14. The van der Waals surface area contributed by atoms with Crippen LogP contribution in [0.2, 0.25) is 0 Å². The molecule has 148 valence electrons. The van der Waals surface area contributed by atoms with Crippen molar-refractivity contribution in [2.75, 3.05) is 11.6 Å². The Hall–Kier alpha value is -3.11. The van der Waals surface area contributed by atoms with Crippen LogP contribution in [0.1, 0.15) is 21.7 Å². The number of carbonyl (C=O) groups excluding carboxylic acids is 1. The van der Waals surface area contributed by atoms with Crippen LogP contribution in [0, 0.1) is 13.8 Å². The number of nitrogens with zero attached hydrogens (tertiary/aromatic N) is 4. The van der Waals surface area contributed by atoms with Crippen LogP contribution in [0.15, 0.2) is 47.5 Å². The van der Waals surface area contributed by atoms with Gasteiger partial charge in [0.25, 0.3) is 5.91 Å². The molecule has 10 heteroatoms. The second kappa shape index (κ2) is 7.05. The molecule has 0 radical (unpaired) electrons. The van der Waals surface area contributed by atoms with Gasteiger partial charge in [-0.25, -0.2) is 23.1 Å². The fourth-order valence-electron chi connectivity index (χ4n) is 2.86. The number of amides is 1. The number of carbonyl (C=O) groups is 1. The molecule has 0 spiro atoms. The molecule has 0 atom stereocenters. The number of nitrogens with one attached hydrogen (secondary N) is 1. The molecule has 0 saturated heterocycles. The fourth-order valence-corrected chi connectivity index (χ4v) is 4.49. The lowest BCUT2D eigenvalue weighted by atomic mass is 10.2. The van der Waals surface area contributed by atoms with Gasteiger partial charge >= 0.3 is 0 Å². The van der Waals surface area contributed by atoms with E-state index in [9.17, 15) is 13.2 Å². The van der Waals surface area contributed by atoms with Gasteiger partial charge in [0.15, 0.2) is 20.8 Å². The highest BCUT2D eigenvalue weighted by Crippen LogP contribution is 2.28. The molecule has 4 aromatic rings. The number of hydrogen-bond acceptors (Lipinski definition) is 7. The van der Waals surface area contributed by atoms with Gasteiger partial charge < -0.3 is 0 Å². The Bertz CT molecular complexity index is 1340. The first-order chi connectivity index (χ1) is 13.7. The second-order valence-corrected chi connectivity index (χ2v) is 9.67. The predicted octanol–water partition coefficient (Wildman–Crippen LogP) is 3.15. The molecule has 29 heavy (non-hydrogen) atoms. The number of hydrogen-bond donors (Lipinski definition) is 1. The number of pyridine rings is 1. The zero-order chi connectivity index (χ0) is 20.8. The summed E-state index contributed by atoms with van der Waals surface area (Å²) in [6.45, 7) is 3.84. The van der Waals surface area contributed by atoms with Gasteiger partial charge in [0, 0.05) is 18.1 Å². The van der Waals surface area contributed by atoms with Crippen molar-refractivity contribution in [2.45, 2.75) is 18.7 Å². The van der Waals surface area contributed by atoms with Crippen LogP contribution in [0.3, 0.4) is 0 Å². The molecular formula is C19H17N5O3S2. The van der Waals surface area contributed by atoms with Gasteiger partial charge in [-0.3, -0.25) is 10.1 Å². The van der Waals surface area contributed by atoms with Crippen molar-refractivity contribution in [1.82, 2.24) is 19.7 Å². The van der Waals surface area contributed by atoms with Crippen molar-refractivity contribution in [1.29, 1.82) is 0 Å². The number of aromatic nitrogens is 4. The first-order valence-electron chi connectivity index (χ1n) is 8.62. The predicted molar refractivity (Wildman–Crippen MR) is 112 cm³/mol. The average Bonchev–Trinajstić information content (AvgIpc) is 3.22. The van der Waals surface area contributed by atoms with Crippen molar-refractivity contribution in [3.63, 3.8) is 0 Å². The smallest absolute Gasteiger partial charge is 0.259 e. The largest absolute Gasteiger partial charge is 0.298 e. The summed E-state index contributed by atoms with van der Waals surface area (Å²) in [6.07, 6.45) is 2.64. The summed E-state index contributed by atoms with van der Waals surface area (Å²) < 4.78 is 25.8. The zero-order valence-corrected chi connectivity index (χ0v) is 17.5. The highest BCUT2D eigenvalue weighted by molar-refractivity contribution is 7.90. The van der Waals surface area contributed by atoms with E-state index < -0.39 is 9.84 Å². The van der Waals surface area contributed by atoms with Crippen molar-refractivity contribution in [3.8, 4) is 5.82 Å². The second-order valence-electron chi connectivity index (χ2n) is 6.62. The van der Waals surface area contributed by atoms with Crippen LogP contribution in [0.5, 0.6) is 0 Å². The summed E-state index contributed by atoms with van der Waals surface area (Å²) in [6, 6.07) is 10.0. The standard InChI is InChI=1S/C19H17N5O3S2/c1-11-8-12(2)24(23-11)17-7-4-13(10-20-17)18(25)22-19-21-15-6-5-14(29(3,26)27)9-16(15)28-19/h4-10H,1-3H3,(H,21,22,25). The normalized spacial score (nSPS) is 11.7. The maximum Gasteiger partial charge on any atom is 0.259 e. The molecule has 0 aliphatic heterocycles.